The van der Waals surface area contributed by atoms with Crippen LogP contribution in [0.25, 0.3) is 5.57 Å². The van der Waals surface area contributed by atoms with Crippen molar-refractivity contribution >= 4 is 5.57 Å². The van der Waals surface area contributed by atoms with Crippen molar-refractivity contribution in [3.05, 3.63) is 28.3 Å². The van der Waals surface area contributed by atoms with Gasteiger partial charge in [-0.1, -0.05) is 33.3 Å². The van der Waals surface area contributed by atoms with Crippen LogP contribution in [0.5, 0.6) is 0 Å². The molecule has 0 bridgehead atoms. The first-order valence-electron chi connectivity index (χ1n) is 8.88. The fourth-order valence-electron chi connectivity index (χ4n) is 4.61. The van der Waals surface area contributed by atoms with Gasteiger partial charge in [-0.25, -0.2) is 9.97 Å². The van der Waals surface area contributed by atoms with Crippen molar-refractivity contribution in [3.8, 4) is 0 Å². The van der Waals surface area contributed by atoms with Gasteiger partial charge in [0.15, 0.2) is 0 Å². The Morgan fingerprint density at radius 3 is 2.30 bits per heavy atom. The Morgan fingerprint density at radius 2 is 1.74 bits per heavy atom. The molecule has 1 fully saturated rings. The zero-order valence-corrected chi connectivity index (χ0v) is 15.8. The highest BCUT2D eigenvalue weighted by Crippen LogP contribution is 2.54. The number of hydrogen-bond donors (Lipinski definition) is 0. The van der Waals surface area contributed by atoms with Crippen LogP contribution in [-0.2, 0) is 4.74 Å². The zero-order chi connectivity index (χ0) is 17.1. The lowest BCUT2D eigenvalue weighted by Crippen LogP contribution is -2.34. The van der Waals surface area contributed by atoms with Gasteiger partial charge in [-0.05, 0) is 51.0 Å². The van der Waals surface area contributed by atoms with Crippen molar-refractivity contribution in [1.29, 1.82) is 0 Å². The van der Waals surface area contributed by atoms with Crippen molar-refractivity contribution in [1.82, 2.24) is 9.97 Å². The van der Waals surface area contributed by atoms with Crippen LogP contribution in [0.3, 0.4) is 0 Å². The SMILES string of the molecule is CC[C@H]1O[C@@H](C2C(C)=C(C)c3c(C)nc(C)nc32)C(C)(C)C1C. The number of aromatic nitrogens is 2. The Kier molecular flexibility index (Phi) is 3.91. The molecule has 1 aliphatic heterocycles. The number of nitrogens with zero attached hydrogens (tertiary/aromatic N) is 2. The largest absolute Gasteiger partial charge is 0.373 e. The average Bonchev–Trinajstić information content (AvgIpc) is 2.84. The van der Waals surface area contributed by atoms with E-state index < -0.39 is 0 Å². The van der Waals surface area contributed by atoms with Gasteiger partial charge in [-0.15, -0.1) is 0 Å². The fraction of sp³-hybridized carbons (Fsp3) is 0.700. The van der Waals surface area contributed by atoms with Gasteiger partial charge < -0.3 is 4.74 Å². The van der Waals surface area contributed by atoms with Crippen LogP contribution in [-0.4, -0.2) is 22.2 Å². The second-order valence-corrected chi connectivity index (χ2v) is 8.02. The Labute approximate surface area is 140 Å². The van der Waals surface area contributed by atoms with E-state index in [2.05, 4.69) is 53.5 Å². The highest BCUT2D eigenvalue weighted by molar-refractivity contribution is 5.77. The molecule has 2 heterocycles. The topological polar surface area (TPSA) is 35.0 Å². The Hall–Kier alpha value is -1.22. The van der Waals surface area contributed by atoms with E-state index in [4.69, 9.17) is 9.72 Å². The number of fused-ring (bicyclic) bond motifs is 1. The fourth-order valence-corrected chi connectivity index (χ4v) is 4.61. The van der Waals surface area contributed by atoms with Crippen molar-refractivity contribution in [3.63, 3.8) is 0 Å². The highest BCUT2D eigenvalue weighted by Gasteiger charge is 2.53. The molecular weight excluding hydrogens is 284 g/mol. The zero-order valence-electron chi connectivity index (χ0n) is 15.8. The molecule has 0 radical (unpaired) electrons. The Balaban J connectivity index is 2.12. The van der Waals surface area contributed by atoms with E-state index in [0.717, 1.165) is 17.9 Å². The number of aryl methyl sites for hydroxylation is 2. The van der Waals surface area contributed by atoms with Crippen molar-refractivity contribution in [2.24, 2.45) is 11.3 Å². The van der Waals surface area contributed by atoms with Gasteiger partial charge in [0.2, 0.25) is 0 Å². The van der Waals surface area contributed by atoms with Gasteiger partial charge >= 0.3 is 0 Å². The van der Waals surface area contributed by atoms with E-state index in [1.54, 1.807) is 0 Å². The average molecular weight is 314 g/mol. The lowest BCUT2D eigenvalue weighted by molar-refractivity contribution is 0.00654. The summed E-state index contributed by atoms with van der Waals surface area (Å²) in [5.74, 6) is 1.68. The summed E-state index contributed by atoms with van der Waals surface area (Å²) >= 11 is 0. The predicted molar refractivity (Wildman–Crippen MR) is 94.4 cm³/mol. The molecule has 126 valence electrons. The maximum atomic E-state index is 6.58. The van der Waals surface area contributed by atoms with Gasteiger partial charge in [0.25, 0.3) is 0 Å². The minimum absolute atomic E-state index is 0.140. The number of allylic oxidation sites excluding steroid dienone is 1. The van der Waals surface area contributed by atoms with E-state index in [-0.39, 0.29) is 17.4 Å². The molecule has 0 aromatic carbocycles. The first-order valence-corrected chi connectivity index (χ1v) is 8.88. The minimum Gasteiger partial charge on any atom is -0.373 e. The molecule has 0 N–H and O–H groups in total. The molecule has 0 amide bonds. The lowest BCUT2D eigenvalue weighted by Gasteiger charge is -2.34. The first kappa shape index (κ1) is 16.6. The molecule has 1 aliphatic carbocycles. The lowest BCUT2D eigenvalue weighted by atomic mass is 9.70. The summed E-state index contributed by atoms with van der Waals surface area (Å²) in [6.45, 7) is 17.8. The van der Waals surface area contributed by atoms with Crippen LogP contribution in [0.1, 0.15) is 76.7 Å². The van der Waals surface area contributed by atoms with Gasteiger partial charge in [-0.2, -0.15) is 0 Å². The summed E-state index contributed by atoms with van der Waals surface area (Å²) in [4.78, 5) is 9.44. The monoisotopic (exact) mass is 314 g/mol. The Morgan fingerprint density at radius 1 is 1.09 bits per heavy atom. The molecule has 3 heteroatoms. The van der Waals surface area contributed by atoms with Crippen LogP contribution in [0.15, 0.2) is 5.57 Å². The van der Waals surface area contributed by atoms with Crippen LogP contribution >= 0.6 is 0 Å². The van der Waals surface area contributed by atoms with E-state index in [0.29, 0.717) is 12.0 Å². The second-order valence-electron chi connectivity index (χ2n) is 8.02. The summed E-state index contributed by atoms with van der Waals surface area (Å²) in [5.41, 5.74) is 6.43. The summed E-state index contributed by atoms with van der Waals surface area (Å²) in [5, 5.41) is 0. The van der Waals surface area contributed by atoms with Crippen molar-refractivity contribution in [2.75, 3.05) is 0 Å². The Bertz CT molecular complexity index is 674. The van der Waals surface area contributed by atoms with Gasteiger partial charge in [0.1, 0.15) is 5.82 Å². The van der Waals surface area contributed by atoms with E-state index in [9.17, 15) is 0 Å². The minimum atomic E-state index is 0.140. The summed E-state index contributed by atoms with van der Waals surface area (Å²) < 4.78 is 6.58. The standard InChI is InChI=1S/C20H30N2O/c1-9-15-12(4)20(7,8)19(23-15)17-11(3)10(2)16-13(5)21-14(6)22-18(16)17/h12,15,17,19H,9H2,1-8H3/t12?,15-,17?,19+/m1/s1. The molecule has 2 aliphatic rings. The molecular formula is C20H30N2O. The van der Waals surface area contributed by atoms with E-state index in [1.807, 2.05) is 6.92 Å². The van der Waals surface area contributed by atoms with Gasteiger partial charge in [0, 0.05) is 11.3 Å². The van der Waals surface area contributed by atoms with E-state index >= 15 is 0 Å². The maximum absolute atomic E-state index is 6.58. The smallest absolute Gasteiger partial charge is 0.125 e. The van der Waals surface area contributed by atoms with Gasteiger partial charge in [-0.3, -0.25) is 0 Å². The van der Waals surface area contributed by atoms with Crippen LogP contribution in [0.4, 0.5) is 0 Å². The van der Waals surface area contributed by atoms with Crippen LogP contribution in [0.2, 0.25) is 0 Å². The third-order valence-electron chi connectivity index (χ3n) is 6.45. The van der Waals surface area contributed by atoms with Crippen molar-refractivity contribution in [2.45, 2.75) is 79.9 Å². The van der Waals surface area contributed by atoms with Crippen molar-refractivity contribution < 1.29 is 4.74 Å². The molecule has 4 atom stereocenters. The number of rotatable bonds is 2. The number of hydrogen-bond acceptors (Lipinski definition) is 3. The molecule has 23 heavy (non-hydrogen) atoms. The van der Waals surface area contributed by atoms with Crippen LogP contribution < -0.4 is 0 Å². The quantitative estimate of drug-likeness (QED) is 0.784. The molecule has 1 aromatic rings. The van der Waals surface area contributed by atoms with E-state index in [1.165, 1.54) is 22.4 Å². The predicted octanol–water partition coefficient (Wildman–Crippen LogP) is 4.82. The molecule has 3 rings (SSSR count). The van der Waals surface area contributed by atoms with Gasteiger partial charge in [0.05, 0.1) is 23.8 Å². The second kappa shape index (κ2) is 5.41. The third kappa shape index (κ3) is 2.27. The molecule has 1 saturated heterocycles. The number of ether oxygens (including phenoxy) is 1. The summed E-state index contributed by atoms with van der Waals surface area (Å²) in [6.07, 6.45) is 1.60. The molecule has 2 unspecified atom stereocenters. The summed E-state index contributed by atoms with van der Waals surface area (Å²) in [7, 11) is 0. The molecule has 0 spiro atoms. The molecule has 1 aromatic heterocycles. The maximum Gasteiger partial charge on any atom is 0.125 e. The first-order chi connectivity index (χ1) is 10.7. The molecule has 3 nitrogen and oxygen atoms in total. The van der Waals surface area contributed by atoms with Crippen LogP contribution in [0, 0.1) is 25.2 Å². The summed E-state index contributed by atoms with van der Waals surface area (Å²) in [6, 6.07) is 0. The highest BCUT2D eigenvalue weighted by atomic mass is 16.5. The normalized spacial score (nSPS) is 32.5. The molecule has 0 saturated carbocycles. The third-order valence-corrected chi connectivity index (χ3v) is 6.45.